The number of benzene rings is 1. The maximum absolute atomic E-state index is 13.2. The average molecular weight is 327 g/mol. The second-order valence-electron chi connectivity index (χ2n) is 7.62. The first-order valence-corrected chi connectivity index (χ1v) is 9.14. The second kappa shape index (κ2) is 5.91. The SMILES string of the molecule is COC(=O)c1ccc2c(c1)CC[C@@]1(CCCN(C3CCC3)C1=O)C2. The summed E-state index contributed by atoms with van der Waals surface area (Å²) in [7, 11) is 1.41. The van der Waals surface area contributed by atoms with E-state index in [0.717, 1.165) is 38.6 Å². The van der Waals surface area contributed by atoms with Crippen LogP contribution in [0.1, 0.15) is 60.0 Å². The summed E-state index contributed by atoms with van der Waals surface area (Å²) in [6, 6.07) is 6.31. The number of piperidine rings is 1. The monoisotopic (exact) mass is 327 g/mol. The third-order valence-electron chi connectivity index (χ3n) is 6.31. The molecular weight excluding hydrogens is 302 g/mol. The van der Waals surface area contributed by atoms with Crippen LogP contribution in [0.2, 0.25) is 0 Å². The lowest BCUT2D eigenvalue weighted by Gasteiger charge is -2.49. The van der Waals surface area contributed by atoms with Gasteiger partial charge in [0.15, 0.2) is 0 Å². The van der Waals surface area contributed by atoms with Gasteiger partial charge in [0, 0.05) is 12.6 Å². The number of hydrogen-bond acceptors (Lipinski definition) is 3. The number of hydrogen-bond donors (Lipinski definition) is 0. The summed E-state index contributed by atoms with van der Waals surface area (Å²) >= 11 is 0. The van der Waals surface area contributed by atoms with Crippen molar-refractivity contribution in [3.8, 4) is 0 Å². The quantitative estimate of drug-likeness (QED) is 0.784. The number of nitrogens with zero attached hydrogens (tertiary/aromatic N) is 1. The minimum atomic E-state index is -0.289. The molecule has 0 radical (unpaired) electrons. The van der Waals surface area contributed by atoms with Crippen molar-refractivity contribution < 1.29 is 14.3 Å². The van der Waals surface area contributed by atoms with Crippen molar-refractivity contribution in [3.63, 3.8) is 0 Å². The topological polar surface area (TPSA) is 46.6 Å². The van der Waals surface area contributed by atoms with Crippen LogP contribution in [0.5, 0.6) is 0 Å². The van der Waals surface area contributed by atoms with Crippen LogP contribution in [0, 0.1) is 5.41 Å². The Bertz CT molecular complexity index is 679. The molecule has 1 amide bonds. The molecule has 0 bridgehead atoms. The number of ether oxygens (including phenoxy) is 1. The van der Waals surface area contributed by atoms with Gasteiger partial charge in [-0.1, -0.05) is 6.07 Å². The van der Waals surface area contributed by atoms with Crippen LogP contribution >= 0.6 is 0 Å². The van der Waals surface area contributed by atoms with E-state index in [0.29, 0.717) is 17.5 Å². The molecule has 1 aromatic rings. The summed E-state index contributed by atoms with van der Waals surface area (Å²) in [5.41, 5.74) is 2.85. The van der Waals surface area contributed by atoms with Crippen LogP contribution in [-0.2, 0) is 22.4 Å². The number of amides is 1. The zero-order chi connectivity index (χ0) is 16.7. The number of fused-ring (bicyclic) bond motifs is 1. The summed E-state index contributed by atoms with van der Waals surface area (Å²) in [5, 5.41) is 0. The summed E-state index contributed by atoms with van der Waals surface area (Å²) < 4.78 is 4.81. The van der Waals surface area contributed by atoms with Gasteiger partial charge < -0.3 is 9.64 Å². The highest BCUT2D eigenvalue weighted by molar-refractivity contribution is 5.90. The van der Waals surface area contributed by atoms with Crippen molar-refractivity contribution in [1.82, 2.24) is 4.90 Å². The van der Waals surface area contributed by atoms with Gasteiger partial charge in [0.05, 0.1) is 18.1 Å². The molecule has 3 aliphatic rings. The molecule has 0 unspecified atom stereocenters. The Morgan fingerprint density at radius 3 is 2.75 bits per heavy atom. The van der Waals surface area contributed by atoms with Gasteiger partial charge in [-0.3, -0.25) is 4.79 Å². The molecule has 24 heavy (non-hydrogen) atoms. The summed E-state index contributed by atoms with van der Waals surface area (Å²) in [6.07, 6.45) is 8.37. The maximum Gasteiger partial charge on any atom is 0.337 e. The lowest BCUT2D eigenvalue weighted by molar-refractivity contribution is -0.152. The molecular formula is C20H25NO3. The molecule has 0 aromatic heterocycles. The van der Waals surface area contributed by atoms with E-state index in [9.17, 15) is 9.59 Å². The largest absolute Gasteiger partial charge is 0.465 e. The summed E-state index contributed by atoms with van der Waals surface area (Å²) in [4.78, 5) is 27.1. The lowest BCUT2D eigenvalue weighted by atomic mass is 9.66. The molecule has 128 valence electrons. The van der Waals surface area contributed by atoms with Crippen molar-refractivity contribution >= 4 is 11.9 Å². The Hall–Kier alpha value is -1.84. The van der Waals surface area contributed by atoms with E-state index in [2.05, 4.69) is 4.90 Å². The van der Waals surface area contributed by atoms with Crippen LogP contribution in [0.3, 0.4) is 0 Å². The molecule has 1 saturated heterocycles. The van der Waals surface area contributed by atoms with Crippen molar-refractivity contribution in [2.24, 2.45) is 5.41 Å². The van der Waals surface area contributed by atoms with Crippen LogP contribution in [0.4, 0.5) is 0 Å². The molecule has 1 atom stereocenters. The summed E-state index contributed by atoms with van der Waals surface area (Å²) in [6.45, 7) is 0.944. The van der Waals surface area contributed by atoms with E-state index in [1.165, 1.54) is 37.5 Å². The van der Waals surface area contributed by atoms with Gasteiger partial charge in [-0.2, -0.15) is 0 Å². The fourth-order valence-corrected chi connectivity index (χ4v) is 4.65. The van der Waals surface area contributed by atoms with Crippen LogP contribution in [0.25, 0.3) is 0 Å². The van der Waals surface area contributed by atoms with Gasteiger partial charge >= 0.3 is 5.97 Å². The molecule has 4 nitrogen and oxygen atoms in total. The number of methoxy groups -OCH3 is 1. The molecule has 4 rings (SSSR count). The lowest BCUT2D eigenvalue weighted by Crippen LogP contribution is -2.56. The molecule has 1 saturated carbocycles. The number of carbonyl (C=O) groups excluding carboxylic acids is 2. The highest BCUT2D eigenvalue weighted by Gasteiger charge is 2.47. The Morgan fingerprint density at radius 2 is 2.04 bits per heavy atom. The minimum absolute atomic E-state index is 0.201. The molecule has 1 aromatic carbocycles. The zero-order valence-electron chi connectivity index (χ0n) is 14.3. The molecule has 1 heterocycles. The molecule has 2 aliphatic carbocycles. The molecule has 2 fully saturated rings. The number of aryl methyl sites for hydroxylation is 1. The van der Waals surface area contributed by atoms with Gasteiger partial charge in [0.1, 0.15) is 0 Å². The van der Waals surface area contributed by atoms with Gasteiger partial charge in [-0.05, 0) is 74.6 Å². The molecule has 0 N–H and O–H groups in total. The first-order chi connectivity index (χ1) is 11.6. The minimum Gasteiger partial charge on any atom is -0.465 e. The van der Waals surface area contributed by atoms with Crippen molar-refractivity contribution in [2.45, 2.75) is 57.4 Å². The third-order valence-corrected chi connectivity index (χ3v) is 6.31. The smallest absolute Gasteiger partial charge is 0.337 e. The first-order valence-electron chi connectivity index (χ1n) is 9.14. The molecule has 1 aliphatic heterocycles. The van der Waals surface area contributed by atoms with E-state index in [-0.39, 0.29) is 11.4 Å². The summed E-state index contributed by atoms with van der Waals surface area (Å²) in [5.74, 6) is 0.101. The van der Waals surface area contributed by atoms with Crippen molar-refractivity contribution in [1.29, 1.82) is 0 Å². The van der Waals surface area contributed by atoms with E-state index in [4.69, 9.17) is 4.74 Å². The molecule has 1 spiro atoms. The van der Waals surface area contributed by atoms with E-state index >= 15 is 0 Å². The Balaban J connectivity index is 1.58. The predicted octanol–water partition coefficient (Wildman–Crippen LogP) is 3.12. The van der Waals surface area contributed by atoms with E-state index < -0.39 is 0 Å². The number of esters is 1. The highest BCUT2D eigenvalue weighted by Crippen LogP contribution is 2.45. The van der Waals surface area contributed by atoms with Crippen LogP contribution in [0.15, 0.2) is 18.2 Å². The second-order valence-corrected chi connectivity index (χ2v) is 7.62. The van der Waals surface area contributed by atoms with E-state index in [1.807, 2.05) is 18.2 Å². The Labute approximate surface area is 143 Å². The Kier molecular flexibility index (Phi) is 3.86. The van der Waals surface area contributed by atoms with E-state index in [1.54, 1.807) is 0 Å². The van der Waals surface area contributed by atoms with Gasteiger partial charge in [-0.15, -0.1) is 0 Å². The fraction of sp³-hybridized carbons (Fsp3) is 0.600. The number of carbonyl (C=O) groups is 2. The number of likely N-dealkylation sites (tertiary alicyclic amines) is 1. The first kappa shape index (κ1) is 15.7. The predicted molar refractivity (Wildman–Crippen MR) is 90.8 cm³/mol. The van der Waals surface area contributed by atoms with Gasteiger partial charge in [-0.25, -0.2) is 4.79 Å². The van der Waals surface area contributed by atoms with Crippen LogP contribution in [-0.4, -0.2) is 36.5 Å². The maximum atomic E-state index is 13.2. The van der Waals surface area contributed by atoms with Gasteiger partial charge in [0.25, 0.3) is 0 Å². The number of rotatable bonds is 2. The molecule has 4 heteroatoms. The van der Waals surface area contributed by atoms with Crippen molar-refractivity contribution in [3.05, 3.63) is 34.9 Å². The normalized spacial score (nSPS) is 26.9. The Morgan fingerprint density at radius 1 is 1.21 bits per heavy atom. The average Bonchev–Trinajstić information content (AvgIpc) is 2.56. The van der Waals surface area contributed by atoms with Crippen molar-refractivity contribution in [2.75, 3.05) is 13.7 Å². The van der Waals surface area contributed by atoms with Gasteiger partial charge in [0.2, 0.25) is 5.91 Å². The highest BCUT2D eigenvalue weighted by atomic mass is 16.5. The fourth-order valence-electron chi connectivity index (χ4n) is 4.65. The third kappa shape index (κ3) is 2.43. The standard InChI is InChI=1S/C20H25NO3/c1-24-18(22)15-6-7-16-13-20(10-8-14(16)12-15)9-3-11-21(19(20)23)17-4-2-5-17/h6-7,12,17H,2-5,8-11,13H2,1H3/t20-/m0/s1. The van der Waals surface area contributed by atoms with Crippen LogP contribution < -0.4 is 0 Å². The zero-order valence-corrected chi connectivity index (χ0v) is 14.3.